The van der Waals surface area contributed by atoms with Gasteiger partial charge < -0.3 is 14.2 Å². The molecule has 0 atom stereocenters. The van der Waals surface area contributed by atoms with Gasteiger partial charge in [-0.3, -0.25) is 9.69 Å². The standard InChI is InChI=1S/C31H33NO4/c1-2-35-26-12-7-24(8-13-26)29-16-11-23-5-3-4-6-28(23)30(29)31(33)25-9-14-27(15-10-25)36-22-19-32-17-20-34-21-18-32/h3-10,12-15H,2,11,16-22H2,1H3. The van der Waals surface area contributed by atoms with E-state index in [0.717, 1.165) is 79.5 Å². The Morgan fingerprint density at radius 1 is 0.861 bits per heavy atom. The van der Waals surface area contributed by atoms with Crippen LogP contribution in [-0.4, -0.2) is 56.7 Å². The van der Waals surface area contributed by atoms with E-state index < -0.39 is 0 Å². The molecule has 5 heteroatoms. The largest absolute Gasteiger partial charge is 0.494 e. The minimum atomic E-state index is 0.0471. The van der Waals surface area contributed by atoms with Gasteiger partial charge in [0.25, 0.3) is 0 Å². The first kappa shape index (κ1) is 24.3. The van der Waals surface area contributed by atoms with Crippen molar-refractivity contribution in [3.8, 4) is 11.5 Å². The van der Waals surface area contributed by atoms with Crippen molar-refractivity contribution in [1.82, 2.24) is 4.90 Å². The highest BCUT2D eigenvalue weighted by Crippen LogP contribution is 2.39. The Morgan fingerprint density at radius 2 is 1.56 bits per heavy atom. The van der Waals surface area contributed by atoms with E-state index in [1.165, 1.54) is 5.56 Å². The van der Waals surface area contributed by atoms with E-state index in [1.807, 2.05) is 55.5 Å². The number of allylic oxidation sites excluding steroid dienone is 2. The molecule has 3 aromatic rings. The lowest BCUT2D eigenvalue weighted by molar-refractivity contribution is 0.0322. The van der Waals surface area contributed by atoms with Crippen LogP contribution in [0.5, 0.6) is 11.5 Å². The topological polar surface area (TPSA) is 48.0 Å². The van der Waals surface area contributed by atoms with Crippen molar-refractivity contribution in [2.75, 3.05) is 46.1 Å². The van der Waals surface area contributed by atoms with Crippen LogP contribution in [0.2, 0.25) is 0 Å². The van der Waals surface area contributed by atoms with Crippen LogP contribution >= 0.6 is 0 Å². The molecule has 1 fully saturated rings. The van der Waals surface area contributed by atoms with Crippen LogP contribution in [0.4, 0.5) is 0 Å². The number of nitrogens with zero attached hydrogens (tertiary/aromatic N) is 1. The second-order valence-corrected chi connectivity index (χ2v) is 9.12. The number of ketones is 1. The highest BCUT2D eigenvalue weighted by molar-refractivity contribution is 6.35. The van der Waals surface area contributed by atoms with Crippen molar-refractivity contribution in [2.24, 2.45) is 0 Å². The van der Waals surface area contributed by atoms with Crippen LogP contribution in [0.15, 0.2) is 72.8 Å². The van der Waals surface area contributed by atoms with Gasteiger partial charge in [-0.05, 0) is 78.4 Å². The number of fused-ring (bicyclic) bond motifs is 1. The molecule has 1 heterocycles. The molecule has 0 saturated carbocycles. The van der Waals surface area contributed by atoms with Crippen LogP contribution in [0.3, 0.4) is 0 Å². The van der Waals surface area contributed by atoms with E-state index in [2.05, 4.69) is 29.2 Å². The molecule has 0 N–H and O–H groups in total. The lowest BCUT2D eigenvalue weighted by atomic mass is 9.79. The number of benzene rings is 3. The second-order valence-electron chi connectivity index (χ2n) is 9.12. The minimum Gasteiger partial charge on any atom is -0.494 e. The Hall–Kier alpha value is -3.41. The number of ether oxygens (including phenoxy) is 3. The highest BCUT2D eigenvalue weighted by atomic mass is 16.5. The molecule has 0 radical (unpaired) electrons. The van der Waals surface area contributed by atoms with Crippen molar-refractivity contribution in [3.63, 3.8) is 0 Å². The van der Waals surface area contributed by atoms with E-state index in [-0.39, 0.29) is 5.78 Å². The van der Waals surface area contributed by atoms with Crippen LogP contribution in [0.1, 0.15) is 40.4 Å². The number of hydrogen-bond donors (Lipinski definition) is 0. The van der Waals surface area contributed by atoms with Gasteiger partial charge in [-0.15, -0.1) is 0 Å². The monoisotopic (exact) mass is 483 g/mol. The molecule has 0 aromatic heterocycles. The number of aryl methyl sites for hydroxylation is 1. The summed E-state index contributed by atoms with van der Waals surface area (Å²) in [6, 6.07) is 23.9. The predicted molar refractivity (Wildman–Crippen MR) is 143 cm³/mol. The summed E-state index contributed by atoms with van der Waals surface area (Å²) in [5.41, 5.74) is 5.88. The zero-order valence-electron chi connectivity index (χ0n) is 20.9. The van der Waals surface area contributed by atoms with Crippen molar-refractivity contribution < 1.29 is 19.0 Å². The average molecular weight is 484 g/mol. The van der Waals surface area contributed by atoms with E-state index >= 15 is 0 Å². The molecule has 36 heavy (non-hydrogen) atoms. The summed E-state index contributed by atoms with van der Waals surface area (Å²) >= 11 is 0. The first-order chi connectivity index (χ1) is 17.7. The van der Waals surface area contributed by atoms with Crippen molar-refractivity contribution in [1.29, 1.82) is 0 Å². The summed E-state index contributed by atoms with van der Waals surface area (Å²) < 4.78 is 17.0. The molecule has 0 bridgehead atoms. The van der Waals surface area contributed by atoms with Gasteiger partial charge in [0.15, 0.2) is 5.78 Å². The lowest BCUT2D eigenvalue weighted by Crippen LogP contribution is -2.38. The van der Waals surface area contributed by atoms with Gasteiger partial charge in [-0.1, -0.05) is 36.4 Å². The molecule has 5 rings (SSSR count). The Morgan fingerprint density at radius 3 is 2.31 bits per heavy atom. The number of hydrogen-bond acceptors (Lipinski definition) is 5. The maximum atomic E-state index is 13.9. The summed E-state index contributed by atoms with van der Waals surface area (Å²) in [5.74, 6) is 1.67. The Balaban J connectivity index is 1.37. The molecule has 0 spiro atoms. The van der Waals surface area contributed by atoms with Crippen LogP contribution in [0, 0.1) is 0 Å². The Kier molecular flexibility index (Phi) is 7.79. The fraction of sp³-hybridized carbons (Fsp3) is 0.323. The van der Waals surface area contributed by atoms with Gasteiger partial charge in [0.05, 0.1) is 19.8 Å². The SMILES string of the molecule is CCOc1ccc(C2=C(C(=O)c3ccc(OCCN4CCOCC4)cc3)c3ccccc3CC2)cc1. The van der Waals surface area contributed by atoms with Crippen molar-refractivity contribution >= 4 is 16.9 Å². The van der Waals surface area contributed by atoms with Crippen molar-refractivity contribution in [2.45, 2.75) is 19.8 Å². The minimum absolute atomic E-state index is 0.0471. The smallest absolute Gasteiger partial charge is 0.193 e. The fourth-order valence-electron chi connectivity index (χ4n) is 4.96. The first-order valence-electron chi connectivity index (χ1n) is 12.9. The molecule has 0 amide bonds. The molecule has 5 nitrogen and oxygen atoms in total. The maximum Gasteiger partial charge on any atom is 0.193 e. The number of rotatable bonds is 9. The Labute approximate surface area is 213 Å². The molecule has 2 aliphatic rings. The third-order valence-corrected chi connectivity index (χ3v) is 6.87. The maximum absolute atomic E-state index is 13.9. The van der Waals surface area contributed by atoms with Crippen molar-refractivity contribution in [3.05, 3.63) is 95.1 Å². The zero-order valence-corrected chi connectivity index (χ0v) is 20.9. The summed E-state index contributed by atoms with van der Waals surface area (Å²) in [6.45, 7) is 7.57. The fourth-order valence-corrected chi connectivity index (χ4v) is 4.96. The number of carbonyl (C=O) groups excluding carboxylic acids is 1. The molecule has 1 saturated heterocycles. The quantitative estimate of drug-likeness (QED) is 0.374. The summed E-state index contributed by atoms with van der Waals surface area (Å²) in [4.78, 5) is 16.2. The normalized spacial score (nSPS) is 15.9. The molecule has 1 aliphatic heterocycles. The van der Waals surface area contributed by atoms with Gasteiger partial charge in [0.2, 0.25) is 0 Å². The predicted octanol–water partition coefficient (Wildman–Crippen LogP) is 5.54. The van der Waals surface area contributed by atoms with E-state index in [0.29, 0.717) is 18.8 Å². The van der Waals surface area contributed by atoms with E-state index in [1.54, 1.807) is 0 Å². The Bertz CT molecular complexity index is 1210. The summed E-state index contributed by atoms with van der Waals surface area (Å²) in [5, 5.41) is 0. The molecule has 186 valence electrons. The third-order valence-electron chi connectivity index (χ3n) is 6.87. The summed E-state index contributed by atoms with van der Waals surface area (Å²) in [6.07, 6.45) is 1.75. The van der Waals surface area contributed by atoms with E-state index in [9.17, 15) is 4.79 Å². The molecular formula is C31H33NO4. The van der Waals surface area contributed by atoms with Gasteiger partial charge in [0.1, 0.15) is 18.1 Å². The number of carbonyl (C=O) groups is 1. The average Bonchev–Trinajstić information content (AvgIpc) is 2.94. The van der Waals surface area contributed by atoms with Crippen LogP contribution in [-0.2, 0) is 11.2 Å². The van der Waals surface area contributed by atoms with Crippen LogP contribution in [0.25, 0.3) is 11.1 Å². The van der Waals surface area contributed by atoms with Gasteiger partial charge in [-0.2, -0.15) is 0 Å². The summed E-state index contributed by atoms with van der Waals surface area (Å²) in [7, 11) is 0. The van der Waals surface area contributed by atoms with E-state index in [4.69, 9.17) is 14.2 Å². The van der Waals surface area contributed by atoms with Gasteiger partial charge in [-0.25, -0.2) is 0 Å². The highest BCUT2D eigenvalue weighted by Gasteiger charge is 2.26. The molecule has 3 aromatic carbocycles. The first-order valence-corrected chi connectivity index (χ1v) is 12.9. The molecule has 1 aliphatic carbocycles. The number of morpholine rings is 1. The van der Waals surface area contributed by atoms with Crippen LogP contribution < -0.4 is 9.47 Å². The van der Waals surface area contributed by atoms with Gasteiger partial charge >= 0.3 is 0 Å². The lowest BCUT2D eigenvalue weighted by Gasteiger charge is -2.26. The molecular weight excluding hydrogens is 450 g/mol. The second kappa shape index (κ2) is 11.5. The number of Topliss-reactive ketones (excluding diaryl/α,β-unsaturated/α-hetero) is 1. The third kappa shape index (κ3) is 5.53. The molecule has 0 unspecified atom stereocenters. The zero-order chi connectivity index (χ0) is 24.7. The van der Waals surface area contributed by atoms with Gasteiger partial charge in [0, 0.05) is 30.8 Å².